The molecule has 0 aromatic rings. The fraction of sp³-hybridized carbons (Fsp3) is 1.00. The van der Waals surface area contributed by atoms with E-state index in [0.717, 1.165) is 25.0 Å². The number of ether oxygens (including phenoxy) is 1. The van der Waals surface area contributed by atoms with Crippen LogP contribution >= 0.6 is 0 Å². The van der Waals surface area contributed by atoms with Crippen LogP contribution in [0.5, 0.6) is 0 Å². The molecule has 0 bridgehead atoms. The Hall–Kier alpha value is -0.120. The molecule has 3 atom stereocenters. The van der Waals surface area contributed by atoms with E-state index in [4.69, 9.17) is 10.5 Å². The van der Waals surface area contributed by atoms with Crippen LogP contribution in [0.2, 0.25) is 0 Å². The van der Waals surface area contributed by atoms with Crippen LogP contribution < -0.4 is 5.73 Å². The second-order valence-corrected chi connectivity index (χ2v) is 8.53. The summed E-state index contributed by atoms with van der Waals surface area (Å²) in [6.07, 6.45) is 7.35. The highest BCUT2D eigenvalue weighted by molar-refractivity contribution is 5.21. The van der Waals surface area contributed by atoms with E-state index in [-0.39, 0.29) is 11.0 Å². The van der Waals surface area contributed by atoms with Crippen molar-refractivity contribution in [3.8, 4) is 0 Å². The molecular formula is C17H30N2O. The van der Waals surface area contributed by atoms with Crippen molar-refractivity contribution in [2.75, 3.05) is 26.2 Å². The van der Waals surface area contributed by atoms with E-state index in [2.05, 4.69) is 18.7 Å². The molecule has 0 spiro atoms. The molecule has 1 aliphatic heterocycles. The summed E-state index contributed by atoms with van der Waals surface area (Å²) >= 11 is 0. The highest BCUT2D eigenvalue weighted by Gasteiger charge is 2.67. The number of rotatable bonds is 6. The van der Waals surface area contributed by atoms with E-state index in [1.165, 1.54) is 45.2 Å². The first-order valence-corrected chi connectivity index (χ1v) is 8.63. The molecule has 3 aliphatic carbocycles. The zero-order valence-corrected chi connectivity index (χ0v) is 13.1. The van der Waals surface area contributed by atoms with Gasteiger partial charge in [0.1, 0.15) is 0 Å². The molecule has 3 saturated carbocycles. The van der Waals surface area contributed by atoms with Crippen LogP contribution in [-0.2, 0) is 4.74 Å². The Kier molecular flexibility index (Phi) is 3.00. The molecule has 0 radical (unpaired) electrons. The van der Waals surface area contributed by atoms with Crippen molar-refractivity contribution < 1.29 is 4.74 Å². The number of fused-ring (bicyclic) bond motifs is 1. The van der Waals surface area contributed by atoms with Gasteiger partial charge in [0.05, 0.1) is 6.10 Å². The van der Waals surface area contributed by atoms with Crippen molar-refractivity contribution in [1.29, 1.82) is 0 Å². The van der Waals surface area contributed by atoms with Crippen molar-refractivity contribution in [2.45, 2.75) is 57.6 Å². The highest BCUT2D eigenvalue weighted by atomic mass is 16.5. The van der Waals surface area contributed by atoms with Gasteiger partial charge < -0.3 is 15.4 Å². The monoisotopic (exact) mass is 278 g/mol. The normalized spacial score (nSPS) is 42.6. The van der Waals surface area contributed by atoms with E-state index in [0.29, 0.717) is 12.0 Å². The van der Waals surface area contributed by atoms with E-state index in [1.807, 2.05) is 0 Å². The fourth-order valence-electron chi connectivity index (χ4n) is 4.70. The quantitative estimate of drug-likeness (QED) is 0.810. The maximum Gasteiger partial charge on any atom is 0.0691 e. The Morgan fingerprint density at radius 3 is 2.20 bits per heavy atom. The van der Waals surface area contributed by atoms with Crippen molar-refractivity contribution in [1.82, 2.24) is 4.90 Å². The molecule has 0 aromatic heterocycles. The molecule has 0 amide bonds. The first kappa shape index (κ1) is 13.5. The van der Waals surface area contributed by atoms with Gasteiger partial charge in [0.25, 0.3) is 0 Å². The van der Waals surface area contributed by atoms with Crippen LogP contribution in [0.15, 0.2) is 0 Å². The Bertz CT molecular complexity index is 374. The SMILES string of the molecule is CC1(C)C2OCCC2C1(N)CN(CC1CC1)CC1CC1. The van der Waals surface area contributed by atoms with E-state index in [9.17, 15) is 0 Å². The fourth-order valence-corrected chi connectivity index (χ4v) is 4.70. The van der Waals surface area contributed by atoms with Gasteiger partial charge in [0.2, 0.25) is 0 Å². The zero-order valence-electron chi connectivity index (χ0n) is 13.1. The van der Waals surface area contributed by atoms with Gasteiger partial charge in [0, 0.05) is 43.1 Å². The van der Waals surface area contributed by atoms with Gasteiger partial charge in [-0.3, -0.25) is 0 Å². The predicted octanol–water partition coefficient (Wildman–Crippen LogP) is 2.25. The van der Waals surface area contributed by atoms with Gasteiger partial charge in [-0.05, 0) is 43.9 Å². The maximum atomic E-state index is 6.94. The summed E-state index contributed by atoms with van der Waals surface area (Å²) in [4.78, 5) is 2.71. The molecule has 4 fully saturated rings. The minimum atomic E-state index is -0.0298. The second kappa shape index (κ2) is 4.44. The number of hydrogen-bond acceptors (Lipinski definition) is 3. The smallest absolute Gasteiger partial charge is 0.0691 e. The van der Waals surface area contributed by atoms with Gasteiger partial charge in [-0.15, -0.1) is 0 Å². The van der Waals surface area contributed by atoms with Gasteiger partial charge in [-0.1, -0.05) is 13.8 Å². The minimum absolute atomic E-state index is 0.0298. The molecule has 0 aromatic carbocycles. The first-order chi connectivity index (χ1) is 9.50. The molecule has 3 unspecified atom stereocenters. The molecule has 20 heavy (non-hydrogen) atoms. The van der Waals surface area contributed by atoms with Gasteiger partial charge in [-0.25, -0.2) is 0 Å². The topological polar surface area (TPSA) is 38.5 Å². The summed E-state index contributed by atoms with van der Waals surface area (Å²) in [6.45, 7) is 9.26. The van der Waals surface area contributed by atoms with E-state index >= 15 is 0 Å². The largest absolute Gasteiger partial charge is 0.377 e. The molecule has 114 valence electrons. The zero-order chi connectivity index (χ0) is 14.0. The minimum Gasteiger partial charge on any atom is -0.377 e. The van der Waals surface area contributed by atoms with Crippen molar-refractivity contribution in [2.24, 2.45) is 28.9 Å². The molecule has 3 nitrogen and oxygen atoms in total. The van der Waals surface area contributed by atoms with Crippen molar-refractivity contribution in [3.63, 3.8) is 0 Å². The molecule has 4 aliphatic rings. The first-order valence-electron chi connectivity index (χ1n) is 8.63. The van der Waals surface area contributed by atoms with Gasteiger partial charge >= 0.3 is 0 Å². The molecule has 1 saturated heterocycles. The third-order valence-electron chi connectivity index (χ3n) is 6.58. The lowest BCUT2D eigenvalue weighted by molar-refractivity contribution is -0.163. The summed E-state index contributed by atoms with van der Waals surface area (Å²) in [5.74, 6) is 2.53. The van der Waals surface area contributed by atoms with E-state index in [1.54, 1.807) is 0 Å². The van der Waals surface area contributed by atoms with Crippen LogP contribution in [0.3, 0.4) is 0 Å². The number of hydrogen-bond donors (Lipinski definition) is 1. The summed E-state index contributed by atoms with van der Waals surface area (Å²) in [7, 11) is 0. The van der Waals surface area contributed by atoms with Gasteiger partial charge in [0.15, 0.2) is 0 Å². The lowest BCUT2D eigenvalue weighted by Gasteiger charge is -2.63. The summed E-state index contributed by atoms with van der Waals surface area (Å²) in [6, 6.07) is 0. The predicted molar refractivity (Wildman–Crippen MR) is 80.4 cm³/mol. The Balaban J connectivity index is 1.46. The Morgan fingerprint density at radius 2 is 1.65 bits per heavy atom. The van der Waals surface area contributed by atoms with Crippen LogP contribution in [0, 0.1) is 23.2 Å². The third-order valence-corrected chi connectivity index (χ3v) is 6.58. The van der Waals surface area contributed by atoms with Gasteiger partial charge in [-0.2, -0.15) is 0 Å². The molecule has 3 heteroatoms. The van der Waals surface area contributed by atoms with Crippen molar-refractivity contribution >= 4 is 0 Å². The highest BCUT2D eigenvalue weighted by Crippen LogP contribution is 2.58. The third kappa shape index (κ3) is 2.05. The van der Waals surface area contributed by atoms with E-state index < -0.39 is 0 Å². The second-order valence-electron chi connectivity index (χ2n) is 8.53. The Labute approximate surface area is 123 Å². The molecular weight excluding hydrogens is 248 g/mol. The summed E-state index contributed by atoms with van der Waals surface area (Å²) < 4.78 is 5.93. The summed E-state index contributed by atoms with van der Waals surface area (Å²) in [5.41, 5.74) is 7.05. The van der Waals surface area contributed by atoms with Crippen LogP contribution in [-0.4, -0.2) is 42.8 Å². The van der Waals surface area contributed by atoms with Crippen LogP contribution in [0.4, 0.5) is 0 Å². The Morgan fingerprint density at radius 1 is 1.05 bits per heavy atom. The molecule has 2 N–H and O–H groups in total. The maximum absolute atomic E-state index is 6.94. The lowest BCUT2D eigenvalue weighted by atomic mass is 9.48. The van der Waals surface area contributed by atoms with Crippen LogP contribution in [0.1, 0.15) is 46.0 Å². The average Bonchev–Trinajstić information content (AvgIpc) is 3.31. The van der Waals surface area contributed by atoms with Crippen LogP contribution in [0.25, 0.3) is 0 Å². The standard InChI is InChI=1S/C17H30N2O/c1-16(2)15-14(7-8-20-15)17(16,18)11-19(9-12-3-4-12)10-13-5-6-13/h12-15H,3-11,18H2,1-2H3. The lowest BCUT2D eigenvalue weighted by Crippen LogP contribution is -2.78. The average molecular weight is 278 g/mol. The number of nitrogens with two attached hydrogens (primary N) is 1. The number of nitrogens with zero attached hydrogens (tertiary/aromatic N) is 1. The molecule has 1 heterocycles. The summed E-state index contributed by atoms with van der Waals surface area (Å²) in [5, 5.41) is 0. The molecule has 4 rings (SSSR count). The van der Waals surface area contributed by atoms with Crippen molar-refractivity contribution in [3.05, 3.63) is 0 Å².